The first-order valence-corrected chi connectivity index (χ1v) is 10.5. The number of methoxy groups -OCH3 is 1. The van der Waals surface area contributed by atoms with E-state index in [1.54, 1.807) is 18.3 Å². The van der Waals surface area contributed by atoms with Gasteiger partial charge in [-0.1, -0.05) is 18.7 Å². The summed E-state index contributed by atoms with van der Waals surface area (Å²) in [6.07, 6.45) is 1.70. The van der Waals surface area contributed by atoms with Gasteiger partial charge in [-0.25, -0.2) is 9.59 Å². The molecule has 2 aromatic heterocycles. The highest BCUT2D eigenvalue weighted by Crippen LogP contribution is 2.35. The maximum atomic E-state index is 12.9. The molecule has 0 saturated heterocycles. The molecule has 0 bridgehead atoms. The van der Waals surface area contributed by atoms with E-state index in [2.05, 4.69) is 28.3 Å². The van der Waals surface area contributed by atoms with E-state index in [0.717, 1.165) is 24.6 Å². The number of ether oxygens (including phenoxy) is 1. The van der Waals surface area contributed by atoms with Gasteiger partial charge in [0.2, 0.25) is 5.91 Å². The number of H-pyrrole nitrogens is 1. The molecule has 2 aromatic rings. The van der Waals surface area contributed by atoms with E-state index in [4.69, 9.17) is 4.74 Å². The molecule has 7 nitrogen and oxygen atoms in total. The van der Waals surface area contributed by atoms with Crippen LogP contribution in [-0.2, 0) is 16.0 Å². The van der Waals surface area contributed by atoms with Gasteiger partial charge in [0.1, 0.15) is 10.6 Å². The Kier molecular flexibility index (Phi) is 6.01. The Balaban J connectivity index is 1.78. The van der Waals surface area contributed by atoms with Crippen molar-refractivity contribution in [3.8, 4) is 0 Å². The van der Waals surface area contributed by atoms with Crippen LogP contribution >= 0.6 is 23.1 Å². The standard InChI is InChI=1S/C18H21N3O4S2/c1-4-12-11-6-8-26-13(11)5-7-21(12)14(22)9-27-16-15(17(23)25-3)10(2)19-18(24)20-16/h6,8,12H,4-5,7,9H2,1-3H3,(H,19,20,24). The largest absolute Gasteiger partial charge is 0.465 e. The molecule has 1 amide bonds. The summed E-state index contributed by atoms with van der Waals surface area (Å²) in [6, 6.07) is 2.17. The summed E-state index contributed by atoms with van der Waals surface area (Å²) in [5, 5.41) is 2.29. The molecule has 0 aliphatic carbocycles. The molecule has 9 heteroatoms. The number of hydrogen-bond acceptors (Lipinski definition) is 7. The number of hydrogen-bond donors (Lipinski definition) is 1. The number of aromatic nitrogens is 2. The minimum atomic E-state index is -0.585. The Morgan fingerprint density at radius 1 is 1.48 bits per heavy atom. The van der Waals surface area contributed by atoms with Gasteiger partial charge in [-0.15, -0.1) is 11.3 Å². The first-order valence-electron chi connectivity index (χ1n) is 8.64. The van der Waals surface area contributed by atoms with E-state index in [-0.39, 0.29) is 28.3 Å². The molecule has 27 heavy (non-hydrogen) atoms. The molecule has 3 rings (SSSR count). The number of carbonyl (C=O) groups excluding carboxylic acids is 2. The van der Waals surface area contributed by atoms with E-state index in [1.807, 2.05) is 4.90 Å². The number of fused-ring (bicyclic) bond motifs is 1. The molecule has 1 unspecified atom stereocenters. The van der Waals surface area contributed by atoms with Crippen molar-refractivity contribution in [1.82, 2.24) is 14.9 Å². The zero-order valence-corrected chi connectivity index (χ0v) is 17.0. The summed E-state index contributed by atoms with van der Waals surface area (Å²) in [7, 11) is 1.27. The van der Waals surface area contributed by atoms with Crippen LogP contribution in [0.1, 0.15) is 45.9 Å². The predicted octanol–water partition coefficient (Wildman–Crippen LogP) is 2.55. The summed E-state index contributed by atoms with van der Waals surface area (Å²) >= 11 is 2.83. The summed E-state index contributed by atoms with van der Waals surface area (Å²) < 4.78 is 4.78. The van der Waals surface area contributed by atoms with Crippen LogP contribution in [0, 0.1) is 6.92 Å². The molecule has 1 aliphatic heterocycles. The third kappa shape index (κ3) is 3.93. The molecular weight excluding hydrogens is 386 g/mol. The molecular formula is C18H21N3O4S2. The summed E-state index contributed by atoms with van der Waals surface area (Å²) in [5.41, 5.74) is 1.25. The Bertz CT molecular complexity index is 922. The Hall–Kier alpha value is -2.13. The molecule has 0 fully saturated rings. The second kappa shape index (κ2) is 8.26. The first-order chi connectivity index (χ1) is 13.0. The van der Waals surface area contributed by atoms with Crippen molar-refractivity contribution in [2.45, 2.75) is 37.8 Å². The van der Waals surface area contributed by atoms with Crippen LogP contribution in [0.3, 0.4) is 0 Å². The number of nitrogens with zero attached hydrogens (tertiary/aromatic N) is 2. The number of thioether (sulfide) groups is 1. The fourth-order valence-electron chi connectivity index (χ4n) is 3.35. The molecule has 1 N–H and O–H groups in total. The summed E-state index contributed by atoms with van der Waals surface area (Å²) in [4.78, 5) is 46.2. The van der Waals surface area contributed by atoms with Crippen molar-refractivity contribution in [2.75, 3.05) is 19.4 Å². The summed E-state index contributed by atoms with van der Waals surface area (Å²) in [6.45, 7) is 4.36. The zero-order valence-electron chi connectivity index (χ0n) is 15.4. The van der Waals surface area contributed by atoms with Crippen LogP contribution in [0.15, 0.2) is 21.3 Å². The molecule has 1 aliphatic rings. The van der Waals surface area contributed by atoms with Gasteiger partial charge in [-0.05, 0) is 36.8 Å². The van der Waals surface area contributed by atoms with Crippen molar-refractivity contribution in [1.29, 1.82) is 0 Å². The molecule has 0 aromatic carbocycles. The van der Waals surface area contributed by atoms with Crippen molar-refractivity contribution < 1.29 is 14.3 Å². The average molecular weight is 408 g/mol. The van der Waals surface area contributed by atoms with Crippen molar-refractivity contribution in [2.24, 2.45) is 0 Å². The Morgan fingerprint density at radius 2 is 2.26 bits per heavy atom. The number of nitrogens with one attached hydrogen (secondary N) is 1. The fraction of sp³-hybridized carbons (Fsp3) is 0.444. The number of aryl methyl sites for hydroxylation is 1. The second-order valence-electron chi connectivity index (χ2n) is 6.19. The highest BCUT2D eigenvalue weighted by molar-refractivity contribution is 8.00. The van der Waals surface area contributed by atoms with Crippen LogP contribution in [0.2, 0.25) is 0 Å². The van der Waals surface area contributed by atoms with Crippen molar-refractivity contribution >= 4 is 35.0 Å². The maximum absolute atomic E-state index is 12.9. The van der Waals surface area contributed by atoms with Crippen LogP contribution in [0.25, 0.3) is 0 Å². The van der Waals surface area contributed by atoms with E-state index in [9.17, 15) is 14.4 Å². The van der Waals surface area contributed by atoms with Gasteiger partial charge in [-0.2, -0.15) is 4.98 Å². The van der Waals surface area contributed by atoms with Gasteiger partial charge < -0.3 is 14.6 Å². The lowest BCUT2D eigenvalue weighted by atomic mass is 9.98. The number of carbonyl (C=O) groups is 2. The number of thiophene rings is 1. The highest BCUT2D eigenvalue weighted by atomic mass is 32.2. The van der Waals surface area contributed by atoms with Gasteiger partial charge >= 0.3 is 11.7 Å². The summed E-state index contributed by atoms with van der Waals surface area (Å²) in [5.74, 6) is -0.506. The number of rotatable bonds is 5. The van der Waals surface area contributed by atoms with Crippen LogP contribution in [0.4, 0.5) is 0 Å². The number of aromatic amines is 1. The lowest BCUT2D eigenvalue weighted by molar-refractivity contribution is -0.131. The second-order valence-corrected chi connectivity index (χ2v) is 8.15. The van der Waals surface area contributed by atoms with Gasteiger partial charge in [0.15, 0.2) is 0 Å². The van der Waals surface area contributed by atoms with Gasteiger partial charge in [0, 0.05) is 17.1 Å². The van der Waals surface area contributed by atoms with E-state index < -0.39 is 11.7 Å². The topological polar surface area (TPSA) is 92.4 Å². The maximum Gasteiger partial charge on any atom is 0.346 e. The average Bonchev–Trinajstić information content (AvgIpc) is 3.13. The molecule has 0 saturated carbocycles. The van der Waals surface area contributed by atoms with E-state index >= 15 is 0 Å². The zero-order chi connectivity index (χ0) is 19.6. The minimum absolute atomic E-state index is 0.0285. The molecule has 144 valence electrons. The van der Waals surface area contributed by atoms with E-state index in [0.29, 0.717) is 12.2 Å². The molecule has 1 atom stereocenters. The van der Waals surface area contributed by atoms with Crippen LogP contribution < -0.4 is 5.69 Å². The van der Waals surface area contributed by atoms with Crippen LogP contribution in [0.5, 0.6) is 0 Å². The molecule has 0 spiro atoms. The quantitative estimate of drug-likeness (QED) is 0.465. The van der Waals surface area contributed by atoms with Crippen molar-refractivity contribution in [3.05, 3.63) is 43.6 Å². The smallest absolute Gasteiger partial charge is 0.346 e. The van der Waals surface area contributed by atoms with Gasteiger partial charge in [-0.3, -0.25) is 4.79 Å². The predicted molar refractivity (Wildman–Crippen MR) is 104 cm³/mol. The molecule has 3 heterocycles. The Labute approximate surface area is 165 Å². The number of esters is 1. The number of amides is 1. The lowest BCUT2D eigenvalue weighted by Crippen LogP contribution is -2.40. The SMILES string of the molecule is CCC1c2ccsc2CCN1C(=O)CSc1nc(=O)[nH]c(C)c1C(=O)OC. The lowest BCUT2D eigenvalue weighted by Gasteiger charge is -2.35. The Morgan fingerprint density at radius 3 is 2.96 bits per heavy atom. The van der Waals surface area contributed by atoms with E-state index in [1.165, 1.54) is 17.6 Å². The van der Waals surface area contributed by atoms with Crippen molar-refractivity contribution in [3.63, 3.8) is 0 Å². The normalized spacial score (nSPS) is 16.1. The molecule has 0 radical (unpaired) electrons. The third-order valence-electron chi connectivity index (χ3n) is 4.61. The fourth-order valence-corrected chi connectivity index (χ4v) is 5.24. The minimum Gasteiger partial charge on any atom is -0.465 e. The highest BCUT2D eigenvalue weighted by Gasteiger charge is 2.30. The monoisotopic (exact) mass is 407 g/mol. The third-order valence-corrected chi connectivity index (χ3v) is 6.57. The first kappa shape index (κ1) is 19.6. The van der Waals surface area contributed by atoms with Gasteiger partial charge in [0.25, 0.3) is 0 Å². The van der Waals surface area contributed by atoms with Crippen LogP contribution in [-0.4, -0.2) is 46.2 Å². The van der Waals surface area contributed by atoms with Gasteiger partial charge in [0.05, 0.1) is 18.9 Å².